The van der Waals surface area contributed by atoms with Crippen molar-refractivity contribution < 1.29 is 9.18 Å². The van der Waals surface area contributed by atoms with Crippen LogP contribution < -0.4 is 5.56 Å². The molecule has 7 heteroatoms. The third-order valence-electron chi connectivity index (χ3n) is 5.95. The zero-order chi connectivity index (χ0) is 21.4. The van der Waals surface area contributed by atoms with Crippen molar-refractivity contribution in [3.63, 3.8) is 0 Å². The molecule has 1 aliphatic heterocycles. The number of nitrogens with zero attached hydrogens (tertiary/aromatic N) is 4. The van der Waals surface area contributed by atoms with Crippen molar-refractivity contribution in [1.82, 2.24) is 19.4 Å². The van der Waals surface area contributed by atoms with E-state index in [-0.39, 0.29) is 29.4 Å². The van der Waals surface area contributed by atoms with E-state index in [0.717, 1.165) is 0 Å². The average Bonchev–Trinajstić information content (AvgIpc) is 2.76. The van der Waals surface area contributed by atoms with Gasteiger partial charge < -0.3 is 4.90 Å². The largest absolute Gasteiger partial charge is 0.333 e. The molecule has 156 valence electrons. The SMILES string of the molecule is CC(c1nc2ccccc2c(=O)n1C)N1CCN(C(=O)c2ccc(F)cc2)C(C)C1. The lowest BCUT2D eigenvalue weighted by Gasteiger charge is -2.42. The zero-order valence-corrected chi connectivity index (χ0v) is 17.4. The van der Waals surface area contributed by atoms with E-state index in [1.165, 1.54) is 24.3 Å². The molecular weight excluding hydrogens is 383 g/mol. The number of halogens is 1. The normalized spacial score (nSPS) is 18.5. The molecule has 6 nitrogen and oxygen atoms in total. The fraction of sp³-hybridized carbons (Fsp3) is 0.348. The second kappa shape index (κ2) is 7.99. The number of benzene rings is 2. The van der Waals surface area contributed by atoms with Crippen LogP contribution in [-0.4, -0.2) is 50.9 Å². The van der Waals surface area contributed by atoms with Crippen LogP contribution in [0.2, 0.25) is 0 Å². The molecule has 2 aromatic carbocycles. The first-order chi connectivity index (χ1) is 14.4. The molecule has 1 fully saturated rings. The molecule has 4 rings (SSSR count). The van der Waals surface area contributed by atoms with Crippen LogP contribution in [0, 0.1) is 5.82 Å². The summed E-state index contributed by atoms with van der Waals surface area (Å²) in [4.78, 5) is 34.4. The summed E-state index contributed by atoms with van der Waals surface area (Å²) in [5, 5.41) is 0.610. The Kier molecular flexibility index (Phi) is 5.39. The Labute approximate surface area is 174 Å². The maximum absolute atomic E-state index is 13.2. The van der Waals surface area contributed by atoms with Crippen molar-refractivity contribution in [2.24, 2.45) is 7.05 Å². The summed E-state index contributed by atoms with van der Waals surface area (Å²) in [5.41, 5.74) is 1.13. The van der Waals surface area contributed by atoms with Gasteiger partial charge in [-0.1, -0.05) is 12.1 Å². The second-order valence-corrected chi connectivity index (χ2v) is 7.88. The highest BCUT2D eigenvalue weighted by atomic mass is 19.1. The Balaban J connectivity index is 1.54. The van der Waals surface area contributed by atoms with Crippen LogP contribution in [0.25, 0.3) is 10.9 Å². The van der Waals surface area contributed by atoms with Crippen molar-refractivity contribution in [3.8, 4) is 0 Å². The lowest BCUT2D eigenvalue weighted by molar-refractivity contribution is 0.0392. The second-order valence-electron chi connectivity index (χ2n) is 7.88. The van der Waals surface area contributed by atoms with Gasteiger partial charge in [-0.05, 0) is 50.2 Å². The monoisotopic (exact) mass is 408 g/mol. The molecule has 1 amide bonds. The van der Waals surface area contributed by atoms with Gasteiger partial charge in [-0.3, -0.25) is 19.1 Å². The molecular formula is C23H25FN4O2. The molecule has 2 atom stereocenters. The van der Waals surface area contributed by atoms with Crippen LogP contribution in [0.5, 0.6) is 0 Å². The van der Waals surface area contributed by atoms with Crippen LogP contribution in [0.3, 0.4) is 0 Å². The number of hydrogen-bond acceptors (Lipinski definition) is 4. The van der Waals surface area contributed by atoms with Gasteiger partial charge in [0.2, 0.25) is 0 Å². The van der Waals surface area contributed by atoms with E-state index in [0.29, 0.717) is 41.9 Å². The van der Waals surface area contributed by atoms with Gasteiger partial charge in [0, 0.05) is 38.3 Å². The van der Waals surface area contributed by atoms with Gasteiger partial charge in [-0.25, -0.2) is 9.37 Å². The summed E-state index contributed by atoms with van der Waals surface area (Å²) in [7, 11) is 1.76. The summed E-state index contributed by atoms with van der Waals surface area (Å²) in [5.74, 6) is 0.266. The number of rotatable bonds is 3. The lowest BCUT2D eigenvalue weighted by atomic mass is 10.1. The molecule has 0 aliphatic carbocycles. The molecule has 1 saturated heterocycles. The summed E-state index contributed by atoms with van der Waals surface area (Å²) >= 11 is 0. The minimum atomic E-state index is -0.355. The van der Waals surface area contributed by atoms with E-state index in [9.17, 15) is 14.0 Å². The predicted octanol–water partition coefficient (Wildman–Crippen LogP) is 2.98. The number of fused-ring (bicyclic) bond motifs is 1. The molecule has 0 spiro atoms. The number of carbonyl (C=O) groups excluding carboxylic acids is 1. The molecule has 0 N–H and O–H groups in total. The Morgan fingerprint density at radius 3 is 2.53 bits per heavy atom. The highest BCUT2D eigenvalue weighted by Crippen LogP contribution is 2.24. The first-order valence-electron chi connectivity index (χ1n) is 10.1. The minimum Gasteiger partial charge on any atom is -0.333 e. The fourth-order valence-electron chi connectivity index (χ4n) is 4.17. The van der Waals surface area contributed by atoms with Crippen molar-refractivity contribution in [2.45, 2.75) is 25.9 Å². The Hall–Kier alpha value is -3.06. The number of piperazine rings is 1. The molecule has 2 heterocycles. The topological polar surface area (TPSA) is 58.4 Å². The predicted molar refractivity (Wildman–Crippen MR) is 114 cm³/mol. The lowest BCUT2D eigenvalue weighted by Crippen LogP contribution is -2.54. The average molecular weight is 408 g/mol. The first-order valence-corrected chi connectivity index (χ1v) is 10.1. The van der Waals surface area contributed by atoms with Crippen molar-refractivity contribution in [2.75, 3.05) is 19.6 Å². The number of aromatic nitrogens is 2. The van der Waals surface area contributed by atoms with Crippen LogP contribution in [0.15, 0.2) is 53.3 Å². The van der Waals surface area contributed by atoms with E-state index in [1.807, 2.05) is 36.9 Å². The molecule has 0 saturated carbocycles. The van der Waals surface area contributed by atoms with Crippen molar-refractivity contribution >= 4 is 16.8 Å². The smallest absolute Gasteiger partial charge is 0.261 e. The van der Waals surface area contributed by atoms with Gasteiger partial charge in [-0.15, -0.1) is 0 Å². The Bertz CT molecular complexity index is 1140. The number of para-hydroxylation sites is 1. The zero-order valence-electron chi connectivity index (χ0n) is 17.4. The van der Waals surface area contributed by atoms with Gasteiger partial charge in [-0.2, -0.15) is 0 Å². The first kappa shape index (κ1) is 20.2. The van der Waals surface area contributed by atoms with Crippen molar-refractivity contribution in [3.05, 3.63) is 76.1 Å². The van der Waals surface area contributed by atoms with E-state index >= 15 is 0 Å². The van der Waals surface area contributed by atoms with Crippen LogP contribution in [0.4, 0.5) is 4.39 Å². The maximum atomic E-state index is 13.2. The number of carbonyl (C=O) groups is 1. The van der Waals surface area contributed by atoms with Gasteiger partial charge in [0.1, 0.15) is 11.6 Å². The van der Waals surface area contributed by atoms with E-state index in [1.54, 1.807) is 17.7 Å². The summed E-state index contributed by atoms with van der Waals surface area (Å²) < 4.78 is 14.8. The molecule has 0 radical (unpaired) electrons. The summed E-state index contributed by atoms with van der Waals surface area (Å²) in [6.07, 6.45) is 0. The molecule has 3 aromatic rings. The van der Waals surface area contributed by atoms with Crippen molar-refractivity contribution in [1.29, 1.82) is 0 Å². The third kappa shape index (κ3) is 3.61. The highest BCUT2D eigenvalue weighted by molar-refractivity contribution is 5.94. The summed E-state index contributed by atoms with van der Waals surface area (Å²) in [6.45, 7) is 5.94. The number of amides is 1. The molecule has 30 heavy (non-hydrogen) atoms. The third-order valence-corrected chi connectivity index (χ3v) is 5.95. The minimum absolute atomic E-state index is 0.0174. The molecule has 2 unspecified atom stereocenters. The van der Waals surface area contributed by atoms with E-state index in [2.05, 4.69) is 4.90 Å². The summed E-state index contributed by atoms with van der Waals surface area (Å²) in [6, 6.07) is 12.9. The quantitative estimate of drug-likeness (QED) is 0.669. The van der Waals surface area contributed by atoms with Gasteiger partial charge in [0.15, 0.2) is 0 Å². The fourth-order valence-corrected chi connectivity index (χ4v) is 4.17. The molecule has 0 bridgehead atoms. The highest BCUT2D eigenvalue weighted by Gasteiger charge is 2.32. The Morgan fingerprint density at radius 2 is 1.83 bits per heavy atom. The number of hydrogen-bond donors (Lipinski definition) is 0. The molecule has 1 aromatic heterocycles. The van der Waals surface area contributed by atoms with Gasteiger partial charge in [0.05, 0.1) is 16.9 Å². The van der Waals surface area contributed by atoms with E-state index < -0.39 is 0 Å². The molecule has 1 aliphatic rings. The van der Waals surface area contributed by atoms with Crippen LogP contribution in [0.1, 0.15) is 36.1 Å². The van der Waals surface area contributed by atoms with Gasteiger partial charge >= 0.3 is 0 Å². The van der Waals surface area contributed by atoms with E-state index in [4.69, 9.17) is 4.98 Å². The maximum Gasteiger partial charge on any atom is 0.261 e. The Morgan fingerprint density at radius 1 is 1.13 bits per heavy atom. The standard InChI is InChI=1S/C23H25FN4O2/c1-15-14-27(12-13-28(15)22(29)17-8-10-18(24)11-9-17)16(2)21-25-20-7-5-4-6-19(20)23(30)26(21)3/h4-11,15-16H,12-14H2,1-3H3. The van der Waals surface area contributed by atoms with Gasteiger partial charge in [0.25, 0.3) is 11.5 Å². The van der Waals surface area contributed by atoms with Crippen LogP contribution >= 0.6 is 0 Å². The van der Waals surface area contributed by atoms with Crippen LogP contribution in [-0.2, 0) is 7.05 Å².